The minimum Gasteiger partial charge on any atom is -0.490 e. The Labute approximate surface area is 286 Å². The molecule has 1 aromatic heterocycles. The van der Waals surface area contributed by atoms with Gasteiger partial charge in [0, 0.05) is 30.8 Å². The fraction of sp³-hybridized carbons (Fsp3) is 0.256. The number of aromatic amines is 1. The van der Waals surface area contributed by atoms with E-state index in [4.69, 9.17) is 19.9 Å². The predicted molar refractivity (Wildman–Crippen MR) is 188 cm³/mol. The zero-order chi connectivity index (χ0) is 34.0. The third-order valence-corrected chi connectivity index (χ3v) is 8.74. The van der Waals surface area contributed by atoms with E-state index in [0.29, 0.717) is 38.2 Å². The number of methoxy groups -OCH3 is 1. The number of nitrogens with two attached hydrogens (primary N) is 1. The van der Waals surface area contributed by atoms with Crippen LogP contribution >= 0.6 is 0 Å². The lowest BCUT2D eigenvalue weighted by atomic mass is 9.84. The Morgan fingerprint density at radius 3 is 2.22 bits per heavy atom. The van der Waals surface area contributed by atoms with Crippen LogP contribution < -0.4 is 20.7 Å². The molecular formula is C39H41N5O5. The maximum Gasteiger partial charge on any atom is 0.420 e. The lowest BCUT2D eigenvalue weighted by Crippen LogP contribution is -2.50. The molecule has 0 aliphatic carbocycles. The number of ether oxygens (including phenoxy) is 3. The molecule has 3 atom stereocenters. The van der Waals surface area contributed by atoms with Crippen LogP contribution in [0.4, 0.5) is 10.5 Å². The Hall–Kier alpha value is -5.29. The van der Waals surface area contributed by atoms with Crippen molar-refractivity contribution >= 4 is 17.7 Å². The molecule has 2 amide bonds. The number of morpholine rings is 1. The van der Waals surface area contributed by atoms with Gasteiger partial charge in [0.05, 0.1) is 30.6 Å². The van der Waals surface area contributed by atoms with E-state index in [1.54, 1.807) is 18.3 Å². The maximum atomic E-state index is 14.3. The fourth-order valence-corrected chi connectivity index (χ4v) is 6.32. The molecule has 0 radical (unpaired) electrons. The summed E-state index contributed by atoms with van der Waals surface area (Å²) in [4.78, 5) is 28.7. The number of carbonyl (C=O) groups is 2. The maximum absolute atomic E-state index is 14.3. The molecule has 6 rings (SSSR count). The van der Waals surface area contributed by atoms with E-state index in [9.17, 15) is 9.59 Å². The van der Waals surface area contributed by atoms with Gasteiger partial charge in [-0.1, -0.05) is 91.0 Å². The average molecular weight is 660 g/mol. The van der Waals surface area contributed by atoms with Crippen molar-refractivity contribution in [3.05, 3.63) is 138 Å². The van der Waals surface area contributed by atoms with Crippen LogP contribution in [-0.2, 0) is 20.7 Å². The number of aromatic nitrogens is 2. The van der Waals surface area contributed by atoms with E-state index in [-0.39, 0.29) is 12.2 Å². The van der Waals surface area contributed by atoms with Gasteiger partial charge in [-0.15, -0.1) is 0 Å². The van der Waals surface area contributed by atoms with Crippen LogP contribution in [-0.4, -0.2) is 67.3 Å². The van der Waals surface area contributed by atoms with Gasteiger partial charge in [0.15, 0.2) is 0 Å². The zero-order valence-corrected chi connectivity index (χ0v) is 27.4. The molecule has 1 aliphatic heterocycles. The number of H-pyrrole nitrogens is 1. The number of carbonyl (C=O) groups excluding carboxylic acids is 2. The minimum atomic E-state index is -1.07. The van der Waals surface area contributed by atoms with Crippen LogP contribution in [0.1, 0.15) is 29.0 Å². The first-order valence-corrected chi connectivity index (χ1v) is 16.5. The van der Waals surface area contributed by atoms with Crippen molar-refractivity contribution in [2.45, 2.75) is 37.0 Å². The normalized spacial score (nSPS) is 16.6. The number of para-hydroxylation sites is 2. The van der Waals surface area contributed by atoms with Crippen LogP contribution in [0.15, 0.2) is 121 Å². The van der Waals surface area contributed by atoms with Crippen molar-refractivity contribution in [2.75, 3.05) is 31.7 Å². The molecule has 1 aliphatic rings. The molecule has 2 heterocycles. The van der Waals surface area contributed by atoms with Gasteiger partial charge in [-0.25, -0.2) is 9.69 Å². The van der Waals surface area contributed by atoms with E-state index in [1.807, 2.05) is 103 Å². The van der Waals surface area contributed by atoms with Gasteiger partial charge in [0.25, 0.3) is 5.91 Å². The monoisotopic (exact) mass is 659 g/mol. The number of benzene rings is 4. The number of hydrogen-bond donors (Lipinski definition) is 3. The van der Waals surface area contributed by atoms with E-state index >= 15 is 0 Å². The topological polar surface area (TPSA) is 132 Å². The largest absolute Gasteiger partial charge is 0.490 e. The number of aryl methyl sites for hydroxylation is 1. The van der Waals surface area contributed by atoms with Gasteiger partial charge in [0.1, 0.15) is 18.5 Å². The Bertz CT molecular complexity index is 1760. The smallest absolute Gasteiger partial charge is 0.420 e. The van der Waals surface area contributed by atoms with E-state index in [1.165, 1.54) is 7.11 Å². The molecule has 10 heteroatoms. The van der Waals surface area contributed by atoms with Crippen molar-refractivity contribution in [3.8, 4) is 17.0 Å². The molecule has 1 saturated heterocycles. The first-order chi connectivity index (χ1) is 24.0. The first-order valence-electron chi connectivity index (χ1n) is 16.5. The molecule has 0 spiro atoms. The summed E-state index contributed by atoms with van der Waals surface area (Å²) in [6.45, 7) is 1.70. The van der Waals surface area contributed by atoms with Crippen molar-refractivity contribution < 1.29 is 23.8 Å². The Kier molecular flexibility index (Phi) is 11.1. The highest BCUT2D eigenvalue weighted by Crippen LogP contribution is 2.32. The highest BCUT2D eigenvalue weighted by atomic mass is 16.5. The summed E-state index contributed by atoms with van der Waals surface area (Å²) in [6.07, 6.45) is 1.85. The lowest BCUT2D eigenvalue weighted by Gasteiger charge is -2.32. The molecule has 1 fully saturated rings. The summed E-state index contributed by atoms with van der Waals surface area (Å²) < 4.78 is 17.8. The minimum absolute atomic E-state index is 0.108. The molecule has 0 unspecified atom stereocenters. The van der Waals surface area contributed by atoms with Crippen molar-refractivity contribution in [2.24, 2.45) is 5.73 Å². The molecule has 10 nitrogen and oxygen atoms in total. The second kappa shape index (κ2) is 16.2. The van der Waals surface area contributed by atoms with Crippen molar-refractivity contribution in [3.63, 3.8) is 0 Å². The van der Waals surface area contributed by atoms with Gasteiger partial charge < -0.3 is 25.3 Å². The number of nitrogens with one attached hydrogen (secondary N) is 2. The molecule has 49 heavy (non-hydrogen) atoms. The standard InChI is InChI=1S/C39H41N5O5/c1-47-39(46)44(38(45)37(40)36(28-13-4-2-5-14-28)29-15-6-3-7-16-29)34-18-10-8-12-27(34)20-21-30-24-41-25-31(49-30)26-48-35-19-11-9-17-32(35)33-22-23-42-43-33/h2-19,22-23,30-31,36-37,41H,20-21,24-26,40H2,1H3,(H,42,43)/t30-,31+,37+/m1/s1. The molecule has 4 N–H and O–H groups in total. The number of hydrogen-bond acceptors (Lipinski definition) is 8. The quantitative estimate of drug-likeness (QED) is 0.155. The van der Waals surface area contributed by atoms with Crippen molar-refractivity contribution in [1.82, 2.24) is 15.5 Å². The number of rotatable bonds is 12. The number of nitrogens with zero attached hydrogens (tertiary/aromatic N) is 2. The summed E-state index contributed by atoms with van der Waals surface area (Å²) in [5.74, 6) is -0.291. The predicted octanol–water partition coefficient (Wildman–Crippen LogP) is 5.70. The first kappa shape index (κ1) is 33.6. The van der Waals surface area contributed by atoms with E-state index < -0.39 is 24.0 Å². The number of amides is 2. The summed E-state index contributed by atoms with van der Waals surface area (Å²) in [6, 6.07) is 35.3. The van der Waals surface area contributed by atoms with Crippen LogP contribution in [0.5, 0.6) is 5.75 Å². The van der Waals surface area contributed by atoms with Gasteiger partial charge in [-0.2, -0.15) is 5.10 Å². The molecule has 4 aromatic carbocycles. The van der Waals surface area contributed by atoms with Crippen molar-refractivity contribution in [1.29, 1.82) is 0 Å². The third kappa shape index (κ3) is 8.06. The van der Waals surface area contributed by atoms with E-state index in [2.05, 4.69) is 15.5 Å². The average Bonchev–Trinajstić information content (AvgIpc) is 3.70. The summed E-state index contributed by atoms with van der Waals surface area (Å²) in [5, 5.41) is 10.5. The Balaban J connectivity index is 1.16. The summed E-state index contributed by atoms with van der Waals surface area (Å²) in [5.41, 5.74) is 11.6. The van der Waals surface area contributed by atoms with Gasteiger partial charge in [-0.3, -0.25) is 9.89 Å². The Morgan fingerprint density at radius 1 is 0.878 bits per heavy atom. The third-order valence-electron chi connectivity index (χ3n) is 8.74. The van der Waals surface area contributed by atoms with Gasteiger partial charge >= 0.3 is 6.09 Å². The summed E-state index contributed by atoms with van der Waals surface area (Å²) in [7, 11) is 1.26. The zero-order valence-electron chi connectivity index (χ0n) is 27.4. The van der Waals surface area contributed by atoms with E-state index in [0.717, 1.165) is 38.6 Å². The lowest BCUT2D eigenvalue weighted by molar-refractivity contribution is -0.119. The Morgan fingerprint density at radius 2 is 1.53 bits per heavy atom. The number of imide groups is 1. The molecule has 252 valence electrons. The molecular weight excluding hydrogens is 618 g/mol. The second-order valence-electron chi connectivity index (χ2n) is 12.0. The molecule has 0 saturated carbocycles. The van der Waals surface area contributed by atoms with Crippen LogP contribution in [0.3, 0.4) is 0 Å². The fourth-order valence-electron chi connectivity index (χ4n) is 6.32. The van der Waals surface area contributed by atoms with Crippen LogP contribution in [0.2, 0.25) is 0 Å². The molecule has 0 bridgehead atoms. The van der Waals surface area contributed by atoms with Gasteiger partial charge in [-0.05, 0) is 53.8 Å². The SMILES string of the molecule is COC(=O)N(C(=O)[C@@H](N)C(c1ccccc1)c1ccccc1)c1ccccc1CC[C@@H]1CNC[C@@H](COc2ccccc2-c2ccn[nH]2)O1. The van der Waals surface area contributed by atoms with Crippen LogP contribution in [0.25, 0.3) is 11.3 Å². The highest BCUT2D eigenvalue weighted by molar-refractivity contribution is 6.15. The second-order valence-corrected chi connectivity index (χ2v) is 12.0. The van der Waals surface area contributed by atoms with Gasteiger partial charge in [0.2, 0.25) is 0 Å². The summed E-state index contributed by atoms with van der Waals surface area (Å²) >= 11 is 0. The van der Waals surface area contributed by atoms with Crippen LogP contribution in [0, 0.1) is 0 Å². The highest BCUT2D eigenvalue weighted by Gasteiger charge is 2.36. The number of anilines is 1. The molecule has 5 aromatic rings.